The number of rotatable bonds is 4. The maximum atomic E-state index is 13.1. The molecule has 16 heavy (non-hydrogen) atoms. The summed E-state index contributed by atoms with van der Waals surface area (Å²) in [6.07, 6.45) is 1.25. The highest BCUT2D eigenvalue weighted by molar-refractivity contribution is 7.86. The van der Waals surface area contributed by atoms with Gasteiger partial charge in [0.1, 0.15) is 0 Å². The molecule has 88 valence electrons. The van der Waals surface area contributed by atoms with Crippen molar-refractivity contribution in [2.45, 2.75) is 30.7 Å². The first-order valence-electron chi connectivity index (χ1n) is 4.95. The number of benzene rings is 1. The van der Waals surface area contributed by atoms with E-state index in [1.165, 1.54) is 12.1 Å². The Hall–Kier alpha value is -0.980. The Balaban J connectivity index is 2.14. The first kappa shape index (κ1) is 11.5. The van der Waals surface area contributed by atoms with Gasteiger partial charge in [0.25, 0.3) is 0 Å². The number of hydrogen-bond acceptors (Lipinski definition) is 4. The van der Waals surface area contributed by atoms with Crippen molar-refractivity contribution in [2.24, 2.45) is 0 Å². The van der Waals surface area contributed by atoms with Gasteiger partial charge in [-0.15, -0.1) is 8.77 Å². The minimum absolute atomic E-state index is 0.0404. The third kappa shape index (κ3) is 2.58. The van der Waals surface area contributed by atoms with Crippen molar-refractivity contribution in [3.63, 3.8) is 0 Å². The van der Waals surface area contributed by atoms with Gasteiger partial charge in [0, 0.05) is 0 Å². The normalized spacial score (nSPS) is 16.7. The highest BCUT2D eigenvalue weighted by Crippen LogP contribution is 2.29. The summed E-state index contributed by atoms with van der Waals surface area (Å²) in [7, 11) is -4.03. The molecule has 2 rings (SSSR count). The van der Waals surface area contributed by atoms with Gasteiger partial charge < -0.3 is 0 Å². The Morgan fingerprint density at radius 3 is 2.38 bits per heavy atom. The van der Waals surface area contributed by atoms with Gasteiger partial charge in [0.05, 0.1) is 10.9 Å². The van der Waals surface area contributed by atoms with Crippen molar-refractivity contribution >= 4 is 10.1 Å². The monoisotopic (exact) mass is 245 g/mol. The second-order valence-corrected chi connectivity index (χ2v) is 5.37. The summed E-state index contributed by atoms with van der Waals surface area (Å²) in [6.45, 7) is 1.84. The number of hydroxylamine groups is 1. The van der Waals surface area contributed by atoms with Crippen LogP contribution in [0.4, 0.5) is 4.48 Å². The Morgan fingerprint density at radius 2 is 1.88 bits per heavy atom. The molecule has 0 spiro atoms. The minimum atomic E-state index is -4.03. The van der Waals surface area contributed by atoms with Gasteiger partial charge in [-0.2, -0.15) is 8.42 Å². The zero-order chi connectivity index (χ0) is 11.8. The van der Waals surface area contributed by atoms with Crippen molar-refractivity contribution < 1.29 is 17.2 Å². The molecule has 1 aromatic carbocycles. The second-order valence-electron chi connectivity index (χ2n) is 3.84. The van der Waals surface area contributed by atoms with Crippen LogP contribution in [0.15, 0.2) is 29.2 Å². The lowest BCUT2D eigenvalue weighted by Gasteiger charge is -2.10. The Kier molecular flexibility index (Phi) is 2.96. The summed E-state index contributed by atoms with van der Waals surface area (Å²) in [5.74, 6) is 0. The third-order valence-electron chi connectivity index (χ3n) is 2.31. The molecule has 0 radical (unpaired) electrons. The van der Waals surface area contributed by atoms with Crippen LogP contribution in [0.25, 0.3) is 0 Å². The van der Waals surface area contributed by atoms with E-state index in [0.29, 0.717) is 12.8 Å². The first-order valence-corrected chi connectivity index (χ1v) is 6.36. The van der Waals surface area contributed by atoms with Gasteiger partial charge in [0.2, 0.25) is 0 Å². The van der Waals surface area contributed by atoms with Crippen LogP contribution in [0, 0.1) is 6.92 Å². The van der Waals surface area contributed by atoms with Crippen molar-refractivity contribution in [1.29, 1.82) is 0 Å². The fourth-order valence-corrected chi connectivity index (χ4v) is 2.04. The maximum absolute atomic E-state index is 13.1. The zero-order valence-electron chi connectivity index (χ0n) is 8.76. The van der Waals surface area contributed by atoms with E-state index in [1.54, 1.807) is 12.1 Å². The molecule has 1 saturated carbocycles. The van der Waals surface area contributed by atoms with Crippen LogP contribution in [0.3, 0.4) is 0 Å². The van der Waals surface area contributed by atoms with E-state index in [-0.39, 0.29) is 10.2 Å². The van der Waals surface area contributed by atoms with Crippen LogP contribution in [0.5, 0.6) is 0 Å². The number of halogens is 1. The van der Waals surface area contributed by atoms with E-state index in [2.05, 4.69) is 4.28 Å². The summed E-state index contributed by atoms with van der Waals surface area (Å²) in [6, 6.07) is 5.64. The predicted molar refractivity (Wildman–Crippen MR) is 55.4 cm³/mol. The van der Waals surface area contributed by atoms with Crippen molar-refractivity contribution in [2.75, 3.05) is 0 Å². The Bertz CT molecular complexity index is 467. The summed E-state index contributed by atoms with van der Waals surface area (Å²) < 4.78 is 40.6. The van der Waals surface area contributed by atoms with E-state index in [1.807, 2.05) is 6.92 Å². The first-order chi connectivity index (χ1) is 7.49. The van der Waals surface area contributed by atoms with Gasteiger partial charge in [-0.1, -0.05) is 17.7 Å². The third-order valence-corrected chi connectivity index (χ3v) is 3.50. The Labute approximate surface area is 93.6 Å². The molecule has 1 aliphatic rings. The number of nitrogens with zero attached hydrogens (tertiary/aromatic N) is 1. The van der Waals surface area contributed by atoms with E-state index in [0.717, 1.165) is 5.56 Å². The molecule has 0 saturated heterocycles. The van der Waals surface area contributed by atoms with Crippen molar-refractivity contribution in [1.82, 2.24) is 5.29 Å². The topological polar surface area (TPSA) is 46.6 Å². The summed E-state index contributed by atoms with van der Waals surface area (Å²) in [4.78, 5) is -0.0404. The van der Waals surface area contributed by atoms with Gasteiger partial charge in [-0.05, 0) is 37.2 Å². The van der Waals surface area contributed by atoms with E-state index < -0.39 is 16.2 Å². The van der Waals surface area contributed by atoms with Crippen LogP contribution < -0.4 is 0 Å². The molecule has 0 unspecified atom stereocenters. The molecule has 1 aromatic rings. The minimum Gasteiger partial charge on any atom is -0.192 e. The highest BCUT2D eigenvalue weighted by Gasteiger charge is 2.34. The fourth-order valence-electron chi connectivity index (χ4n) is 1.18. The molecule has 4 nitrogen and oxygen atoms in total. The lowest BCUT2D eigenvalue weighted by atomic mass is 10.2. The molecule has 0 aliphatic heterocycles. The molecule has 0 amide bonds. The molecule has 0 atom stereocenters. The average molecular weight is 245 g/mol. The quantitative estimate of drug-likeness (QED) is 0.601. The van der Waals surface area contributed by atoms with Gasteiger partial charge in [-0.25, -0.2) is 0 Å². The number of hydrogen-bond donors (Lipinski definition) is 0. The SMILES string of the molecule is Cc1ccc(S(=O)(=O)ON(F)C2CC2)cc1. The molecule has 0 heterocycles. The smallest absolute Gasteiger partial charge is 0.192 e. The lowest BCUT2D eigenvalue weighted by Crippen LogP contribution is -2.21. The molecule has 0 aromatic heterocycles. The van der Waals surface area contributed by atoms with Gasteiger partial charge in [-0.3, -0.25) is 0 Å². The summed E-state index contributed by atoms with van der Waals surface area (Å²) in [5, 5.41) is -0.0742. The molecule has 1 aliphatic carbocycles. The van der Waals surface area contributed by atoms with Crippen LogP contribution in [-0.4, -0.2) is 19.7 Å². The predicted octanol–water partition coefficient (Wildman–Crippen LogP) is 1.96. The standard InChI is InChI=1S/C10H12FNO3S/c1-8-2-6-10(7-3-8)16(13,14)15-12(11)9-4-5-9/h2-3,6-7,9H,4-5H2,1H3. The van der Waals surface area contributed by atoms with Gasteiger partial charge in [0.15, 0.2) is 0 Å². The maximum Gasteiger partial charge on any atom is 0.315 e. The van der Waals surface area contributed by atoms with Crippen LogP contribution >= 0.6 is 0 Å². The van der Waals surface area contributed by atoms with E-state index in [4.69, 9.17) is 0 Å². The molecule has 0 bridgehead atoms. The largest absolute Gasteiger partial charge is 0.315 e. The van der Waals surface area contributed by atoms with Crippen molar-refractivity contribution in [3.05, 3.63) is 29.8 Å². The molecule has 6 heteroatoms. The van der Waals surface area contributed by atoms with Crippen molar-refractivity contribution in [3.8, 4) is 0 Å². The summed E-state index contributed by atoms with van der Waals surface area (Å²) >= 11 is 0. The van der Waals surface area contributed by atoms with Gasteiger partial charge >= 0.3 is 10.1 Å². The molecule has 1 fully saturated rings. The second kappa shape index (κ2) is 4.12. The van der Waals surface area contributed by atoms with E-state index in [9.17, 15) is 12.9 Å². The lowest BCUT2D eigenvalue weighted by molar-refractivity contribution is -0.212. The van der Waals surface area contributed by atoms with Crippen LogP contribution in [0.2, 0.25) is 0 Å². The Morgan fingerprint density at radius 1 is 1.31 bits per heavy atom. The molecular formula is C10H12FNO3S. The van der Waals surface area contributed by atoms with Crippen LogP contribution in [-0.2, 0) is 14.4 Å². The average Bonchev–Trinajstić information content (AvgIpc) is 3.00. The fraction of sp³-hybridized carbons (Fsp3) is 0.400. The highest BCUT2D eigenvalue weighted by atomic mass is 32.2. The summed E-state index contributed by atoms with van der Waals surface area (Å²) in [5.41, 5.74) is 0.929. The van der Waals surface area contributed by atoms with Crippen LogP contribution in [0.1, 0.15) is 18.4 Å². The number of aryl methyl sites for hydroxylation is 1. The zero-order valence-corrected chi connectivity index (χ0v) is 9.58. The van der Waals surface area contributed by atoms with E-state index >= 15 is 0 Å². The molecular weight excluding hydrogens is 233 g/mol. The molecule has 0 N–H and O–H groups in total.